The molecule has 0 aliphatic carbocycles. The number of nitrogens with zero attached hydrogens (tertiary/aromatic N) is 3. The Kier molecular flexibility index (Phi) is 11.3. The molecule has 0 spiro atoms. The standard InChI is InChI=1S/C34H35F4N3O3/c1-2-44-20-8-19-40(33(43)28-11-6-12-29(21-28)34(36,37)38)25-32(42)41(23-26-9-4-3-5-10-26)24-31-13-7-18-39(31)22-27-14-16-30(35)17-15-27/h3-7,9-18,21H,2,8,19-20,22-25H2,1H3. The third-order valence-corrected chi connectivity index (χ3v) is 7.08. The van der Waals surface area contributed by atoms with Gasteiger partial charge in [-0.05, 0) is 66.9 Å². The Balaban J connectivity index is 1.58. The second kappa shape index (κ2) is 15.3. The Bertz CT molecular complexity index is 1500. The SMILES string of the molecule is CCOCCCN(CC(=O)N(Cc1ccccc1)Cc1cccn1Cc1ccc(F)cc1)C(=O)c1cccc(C(F)(F)F)c1. The Morgan fingerprint density at radius 1 is 0.841 bits per heavy atom. The summed E-state index contributed by atoms with van der Waals surface area (Å²) in [5, 5.41) is 0. The highest BCUT2D eigenvalue weighted by Gasteiger charge is 2.32. The molecule has 0 aliphatic rings. The number of halogens is 4. The van der Waals surface area contributed by atoms with Gasteiger partial charge in [0.05, 0.1) is 12.1 Å². The van der Waals surface area contributed by atoms with Gasteiger partial charge in [0.2, 0.25) is 5.91 Å². The molecule has 4 rings (SSSR count). The minimum absolute atomic E-state index is 0.126. The van der Waals surface area contributed by atoms with Gasteiger partial charge < -0.3 is 19.1 Å². The minimum Gasteiger partial charge on any atom is -0.382 e. The van der Waals surface area contributed by atoms with Crippen LogP contribution in [0.4, 0.5) is 17.6 Å². The molecule has 232 valence electrons. The van der Waals surface area contributed by atoms with E-state index in [2.05, 4.69) is 0 Å². The lowest BCUT2D eigenvalue weighted by Gasteiger charge is -2.28. The van der Waals surface area contributed by atoms with Crippen molar-refractivity contribution in [3.63, 3.8) is 0 Å². The fraction of sp³-hybridized carbons (Fsp3) is 0.294. The van der Waals surface area contributed by atoms with Gasteiger partial charge >= 0.3 is 6.18 Å². The second-order valence-corrected chi connectivity index (χ2v) is 10.3. The number of hydrogen-bond acceptors (Lipinski definition) is 3. The number of aromatic nitrogens is 1. The summed E-state index contributed by atoms with van der Waals surface area (Å²) >= 11 is 0. The highest BCUT2D eigenvalue weighted by atomic mass is 19.4. The van der Waals surface area contributed by atoms with E-state index in [4.69, 9.17) is 4.74 Å². The lowest BCUT2D eigenvalue weighted by molar-refractivity contribution is -0.137. The summed E-state index contributed by atoms with van der Waals surface area (Å²) < 4.78 is 61.0. The van der Waals surface area contributed by atoms with E-state index in [1.807, 2.05) is 60.2 Å². The summed E-state index contributed by atoms with van der Waals surface area (Å²) in [6.45, 7) is 3.38. The van der Waals surface area contributed by atoms with Gasteiger partial charge in [-0.25, -0.2) is 4.39 Å². The number of benzene rings is 3. The van der Waals surface area contributed by atoms with Crippen molar-refractivity contribution in [1.29, 1.82) is 0 Å². The normalized spacial score (nSPS) is 11.4. The fourth-order valence-corrected chi connectivity index (χ4v) is 4.79. The molecular formula is C34H35F4N3O3. The summed E-state index contributed by atoms with van der Waals surface area (Å²) in [5.74, 6) is -1.35. The van der Waals surface area contributed by atoms with Crippen LogP contribution in [0.3, 0.4) is 0 Å². The lowest BCUT2D eigenvalue weighted by atomic mass is 10.1. The van der Waals surface area contributed by atoms with Gasteiger partial charge in [-0.3, -0.25) is 9.59 Å². The van der Waals surface area contributed by atoms with Gasteiger partial charge in [0.25, 0.3) is 5.91 Å². The maximum atomic E-state index is 13.9. The number of carbonyl (C=O) groups is 2. The number of hydrogen-bond donors (Lipinski definition) is 0. The van der Waals surface area contributed by atoms with Gasteiger partial charge in [-0.15, -0.1) is 0 Å². The average Bonchev–Trinajstić information content (AvgIpc) is 3.45. The number of amides is 2. The molecule has 0 aliphatic heterocycles. The summed E-state index contributed by atoms with van der Waals surface area (Å²) in [5.41, 5.74) is 1.51. The Morgan fingerprint density at radius 2 is 1.59 bits per heavy atom. The molecule has 6 nitrogen and oxygen atoms in total. The zero-order valence-corrected chi connectivity index (χ0v) is 24.5. The van der Waals surface area contributed by atoms with Crippen molar-refractivity contribution < 1.29 is 31.9 Å². The Hall–Kier alpha value is -4.44. The van der Waals surface area contributed by atoms with Crippen molar-refractivity contribution >= 4 is 11.8 Å². The second-order valence-electron chi connectivity index (χ2n) is 10.3. The zero-order valence-electron chi connectivity index (χ0n) is 24.5. The van der Waals surface area contributed by atoms with E-state index in [1.165, 1.54) is 29.2 Å². The number of rotatable bonds is 14. The average molecular weight is 610 g/mol. The zero-order chi connectivity index (χ0) is 31.5. The van der Waals surface area contributed by atoms with Crippen molar-refractivity contribution in [3.8, 4) is 0 Å². The lowest BCUT2D eigenvalue weighted by Crippen LogP contribution is -2.43. The van der Waals surface area contributed by atoms with Gasteiger partial charge in [-0.2, -0.15) is 13.2 Å². The molecule has 1 aromatic heterocycles. The van der Waals surface area contributed by atoms with E-state index in [9.17, 15) is 27.2 Å². The van der Waals surface area contributed by atoms with E-state index in [1.54, 1.807) is 17.0 Å². The molecular weight excluding hydrogens is 574 g/mol. The number of alkyl halides is 3. The fourth-order valence-electron chi connectivity index (χ4n) is 4.79. The van der Waals surface area contributed by atoms with Crippen molar-refractivity contribution in [3.05, 3.63) is 131 Å². The van der Waals surface area contributed by atoms with Crippen LogP contribution in [0.1, 0.15) is 46.1 Å². The monoisotopic (exact) mass is 609 g/mol. The molecule has 0 atom stereocenters. The molecule has 0 radical (unpaired) electrons. The summed E-state index contributed by atoms with van der Waals surface area (Å²) in [6, 6.07) is 23.6. The van der Waals surface area contributed by atoms with Crippen LogP contribution in [0.25, 0.3) is 0 Å². The quantitative estimate of drug-likeness (QED) is 0.117. The molecule has 0 saturated heterocycles. The van der Waals surface area contributed by atoms with E-state index in [-0.39, 0.29) is 43.5 Å². The molecule has 1 heterocycles. The first kappa shape index (κ1) is 32.5. The molecule has 4 aromatic rings. The third-order valence-electron chi connectivity index (χ3n) is 7.08. The molecule has 44 heavy (non-hydrogen) atoms. The van der Waals surface area contributed by atoms with Crippen molar-refractivity contribution in [2.75, 3.05) is 26.3 Å². The molecule has 0 saturated carbocycles. The van der Waals surface area contributed by atoms with E-state index < -0.39 is 17.6 Å². The first-order valence-electron chi connectivity index (χ1n) is 14.4. The third kappa shape index (κ3) is 9.28. The van der Waals surface area contributed by atoms with Gasteiger partial charge in [0.15, 0.2) is 0 Å². The Labute approximate surface area is 254 Å². The van der Waals surface area contributed by atoms with Crippen molar-refractivity contribution in [1.82, 2.24) is 14.4 Å². The predicted octanol–water partition coefficient (Wildman–Crippen LogP) is 6.79. The van der Waals surface area contributed by atoms with Gasteiger partial charge in [0.1, 0.15) is 12.4 Å². The molecule has 0 N–H and O–H groups in total. The van der Waals surface area contributed by atoms with Crippen LogP contribution < -0.4 is 0 Å². The summed E-state index contributed by atoms with van der Waals surface area (Å²) in [7, 11) is 0. The van der Waals surface area contributed by atoms with Crippen LogP contribution in [0.2, 0.25) is 0 Å². The molecule has 3 aromatic carbocycles. The molecule has 10 heteroatoms. The smallest absolute Gasteiger partial charge is 0.382 e. The largest absolute Gasteiger partial charge is 0.416 e. The van der Waals surface area contributed by atoms with Gasteiger partial charge in [0, 0.05) is 50.3 Å². The van der Waals surface area contributed by atoms with E-state index in [0.29, 0.717) is 26.2 Å². The van der Waals surface area contributed by atoms with E-state index >= 15 is 0 Å². The van der Waals surface area contributed by atoms with Crippen LogP contribution in [-0.2, 0) is 35.3 Å². The van der Waals surface area contributed by atoms with E-state index in [0.717, 1.165) is 29.0 Å². The number of carbonyl (C=O) groups excluding carboxylic acids is 2. The Morgan fingerprint density at radius 3 is 2.30 bits per heavy atom. The topological polar surface area (TPSA) is 54.8 Å². The molecule has 2 amide bonds. The van der Waals surface area contributed by atoms with Crippen LogP contribution in [0.5, 0.6) is 0 Å². The minimum atomic E-state index is -4.61. The van der Waals surface area contributed by atoms with Crippen LogP contribution in [-0.4, -0.2) is 52.5 Å². The molecule has 0 unspecified atom stereocenters. The number of ether oxygens (including phenoxy) is 1. The van der Waals surface area contributed by atoms with Crippen molar-refractivity contribution in [2.24, 2.45) is 0 Å². The maximum Gasteiger partial charge on any atom is 0.416 e. The van der Waals surface area contributed by atoms with Crippen LogP contribution >= 0.6 is 0 Å². The molecule has 0 fully saturated rings. The van der Waals surface area contributed by atoms with Crippen LogP contribution in [0.15, 0.2) is 97.2 Å². The first-order chi connectivity index (χ1) is 21.1. The summed E-state index contributed by atoms with van der Waals surface area (Å²) in [6.07, 6.45) is -2.33. The van der Waals surface area contributed by atoms with Crippen molar-refractivity contribution in [2.45, 2.75) is 39.2 Å². The summed E-state index contributed by atoms with van der Waals surface area (Å²) in [4.78, 5) is 30.3. The maximum absolute atomic E-state index is 13.9. The highest BCUT2D eigenvalue weighted by Crippen LogP contribution is 2.30. The molecule has 0 bridgehead atoms. The van der Waals surface area contributed by atoms with Crippen LogP contribution in [0, 0.1) is 5.82 Å². The highest BCUT2D eigenvalue weighted by molar-refractivity contribution is 5.96. The first-order valence-corrected chi connectivity index (χ1v) is 14.4. The van der Waals surface area contributed by atoms with Gasteiger partial charge in [-0.1, -0.05) is 48.5 Å². The predicted molar refractivity (Wildman–Crippen MR) is 159 cm³/mol.